The van der Waals surface area contributed by atoms with E-state index >= 15 is 0 Å². The first-order chi connectivity index (χ1) is 6.33. The minimum Gasteiger partial charge on any atom is -0.390 e. The Labute approximate surface area is 87.4 Å². The first-order valence-electron chi connectivity index (χ1n) is 5.23. The summed E-state index contributed by atoms with van der Waals surface area (Å²) >= 11 is 0. The topological polar surface area (TPSA) is 54.4 Å². The van der Waals surface area contributed by atoms with Crippen LogP contribution in [-0.2, 0) is 9.84 Å². The highest BCUT2D eigenvalue weighted by Gasteiger charge is 2.25. The lowest BCUT2D eigenvalue weighted by Gasteiger charge is -2.27. The summed E-state index contributed by atoms with van der Waals surface area (Å²) in [5.74, 6) is 0.0868. The van der Waals surface area contributed by atoms with Crippen molar-refractivity contribution < 1.29 is 13.5 Å². The van der Waals surface area contributed by atoms with E-state index < -0.39 is 15.4 Å². The lowest BCUT2D eigenvalue weighted by molar-refractivity contribution is 0.0183. The van der Waals surface area contributed by atoms with Gasteiger partial charge in [0, 0.05) is 6.26 Å². The summed E-state index contributed by atoms with van der Waals surface area (Å²) in [6.45, 7) is 4.00. The largest absolute Gasteiger partial charge is 0.390 e. The Morgan fingerprint density at radius 2 is 1.50 bits per heavy atom. The molecule has 86 valence electrons. The maximum Gasteiger partial charge on any atom is 0.147 e. The second kappa shape index (κ2) is 5.71. The van der Waals surface area contributed by atoms with Gasteiger partial charge >= 0.3 is 0 Å². The van der Waals surface area contributed by atoms with Crippen LogP contribution in [0.5, 0.6) is 0 Å². The molecular formula is C10H22O3S. The van der Waals surface area contributed by atoms with E-state index in [2.05, 4.69) is 0 Å². The van der Waals surface area contributed by atoms with Gasteiger partial charge in [0.2, 0.25) is 0 Å². The smallest absolute Gasteiger partial charge is 0.147 e. The standard InChI is InChI=1S/C10H22O3S/c1-4-6-10(11,7-5-2)8-9-14(3,12)13/h11H,4-9H2,1-3H3. The molecule has 0 amide bonds. The number of rotatable bonds is 7. The molecule has 0 aromatic rings. The fraction of sp³-hybridized carbons (Fsp3) is 1.00. The lowest BCUT2D eigenvalue weighted by atomic mass is 9.90. The van der Waals surface area contributed by atoms with Crippen LogP contribution in [0.2, 0.25) is 0 Å². The monoisotopic (exact) mass is 222 g/mol. The summed E-state index contributed by atoms with van der Waals surface area (Å²) in [4.78, 5) is 0. The van der Waals surface area contributed by atoms with Crippen molar-refractivity contribution in [2.75, 3.05) is 12.0 Å². The Balaban J connectivity index is 4.22. The molecule has 0 saturated carbocycles. The predicted molar refractivity (Wildman–Crippen MR) is 59.1 cm³/mol. The van der Waals surface area contributed by atoms with Crippen molar-refractivity contribution in [1.82, 2.24) is 0 Å². The van der Waals surface area contributed by atoms with Gasteiger partial charge < -0.3 is 5.11 Å². The van der Waals surface area contributed by atoms with Crippen molar-refractivity contribution in [2.45, 2.75) is 51.6 Å². The summed E-state index contributed by atoms with van der Waals surface area (Å²) in [7, 11) is -2.95. The zero-order valence-electron chi connectivity index (χ0n) is 9.41. The maximum absolute atomic E-state index is 11.0. The van der Waals surface area contributed by atoms with Gasteiger partial charge in [-0.25, -0.2) is 8.42 Å². The normalized spacial score (nSPS) is 13.1. The summed E-state index contributed by atoms with van der Waals surface area (Å²) < 4.78 is 22.0. The minimum absolute atomic E-state index is 0.0868. The van der Waals surface area contributed by atoms with Crippen LogP contribution in [0.3, 0.4) is 0 Å². The van der Waals surface area contributed by atoms with Crippen molar-refractivity contribution in [2.24, 2.45) is 0 Å². The van der Waals surface area contributed by atoms with E-state index in [-0.39, 0.29) is 5.75 Å². The quantitative estimate of drug-likeness (QED) is 0.714. The molecule has 0 heterocycles. The van der Waals surface area contributed by atoms with Crippen LogP contribution in [0.1, 0.15) is 46.0 Å². The summed E-state index contributed by atoms with van der Waals surface area (Å²) in [5, 5.41) is 10.1. The molecule has 0 aliphatic carbocycles. The summed E-state index contributed by atoms with van der Waals surface area (Å²) in [5.41, 5.74) is -0.771. The first-order valence-corrected chi connectivity index (χ1v) is 7.29. The Kier molecular flexibility index (Phi) is 5.67. The van der Waals surface area contributed by atoms with Crippen LogP contribution < -0.4 is 0 Å². The van der Waals surface area contributed by atoms with Crippen LogP contribution in [0.25, 0.3) is 0 Å². The van der Waals surface area contributed by atoms with E-state index in [1.54, 1.807) is 0 Å². The SMILES string of the molecule is CCCC(O)(CCC)CCS(C)(=O)=O. The molecule has 0 atom stereocenters. The molecule has 3 nitrogen and oxygen atoms in total. The van der Waals surface area contributed by atoms with Crippen molar-refractivity contribution in [3.05, 3.63) is 0 Å². The molecule has 0 aliphatic rings. The maximum atomic E-state index is 11.0. The van der Waals surface area contributed by atoms with Crippen molar-refractivity contribution in [3.63, 3.8) is 0 Å². The second-order valence-electron chi connectivity index (χ2n) is 4.10. The van der Waals surface area contributed by atoms with Gasteiger partial charge in [-0.15, -0.1) is 0 Å². The molecule has 0 bridgehead atoms. The van der Waals surface area contributed by atoms with Gasteiger partial charge in [-0.1, -0.05) is 26.7 Å². The van der Waals surface area contributed by atoms with Crippen LogP contribution in [0.15, 0.2) is 0 Å². The molecule has 1 N–H and O–H groups in total. The molecule has 4 heteroatoms. The third-order valence-corrected chi connectivity index (χ3v) is 3.31. The van der Waals surface area contributed by atoms with Gasteiger partial charge in [0.1, 0.15) is 9.84 Å². The zero-order valence-corrected chi connectivity index (χ0v) is 10.2. The molecular weight excluding hydrogens is 200 g/mol. The highest BCUT2D eigenvalue weighted by Crippen LogP contribution is 2.23. The van der Waals surface area contributed by atoms with Gasteiger partial charge in [-0.2, -0.15) is 0 Å². The van der Waals surface area contributed by atoms with Crippen molar-refractivity contribution in [1.29, 1.82) is 0 Å². The molecule has 0 fully saturated rings. The van der Waals surface area contributed by atoms with Crippen LogP contribution in [0.4, 0.5) is 0 Å². The fourth-order valence-corrected chi connectivity index (χ4v) is 2.43. The minimum atomic E-state index is -2.95. The Bertz CT molecular complexity index is 238. The van der Waals surface area contributed by atoms with Gasteiger partial charge in [-0.05, 0) is 19.3 Å². The van der Waals surface area contributed by atoms with Crippen LogP contribution in [-0.4, -0.2) is 31.1 Å². The molecule has 0 spiro atoms. The average molecular weight is 222 g/mol. The second-order valence-corrected chi connectivity index (χ2v) is 6.36. The number of sulfone groups is 1. The third kappa shape index (κ3) is 6.38. The number of aliphatic hydroxyl groups is 1. The molecule has 0 rings (SSSR count). The van der Waals surface area contributed by atoms with E-state index in [1.165, 1.54) is 6.26 Å². The average Bonchev–Trinajstić information content (AvgIpc) is 2.01. The molecule has 0 aromatic carbocycles. The van der Waals surface area contributed by atoms with Crippen molar-refractivity contribution >= 4 is 9.84 Å². The number of hydrogen-bond acceptors (Lipinski definition) is 3. The van der Waals surface area contributed by atoms with Crippen molar-refractivity contribution in [3.8, 4) is 0 Å². The highest BCUT2D eigenvalue weighted by atomic mass is 32.2. The first kappa shape index (κ1) is 13.9. The fourth-order valence-electron chi connectivity index (χ4n) is 1.68. The van der Waals surface area contributed by atoms with Crippen LogP contribution >= 0.6 is 0 Å². The lowest BCUT2D eigenvalue weighted by Crippen LogP contribution is -2.31. The van der Waals surface area contributed by atoms with Gasteiger partial charge in [-0.3, -0.25) is 0 Å². The third-order valence-electron chi connectivity index (χ3n) is 2.37. The van der Waals surface area contributed by atoms with E-state index in [0.29, 0.717) is 19.3 Å². The van der Waals surface area contributed by atoms with Crippen LogP contribution in [0, 0.1) is 0 Å². The molecule has 0 aliphatic heterocycles. The Morgan fingerprint density at radius 3 is 1.79 bits per heavy atom. The molecule has 0 saturated heterocycles. The van der Waals surface area contributed by atoms with Gasteiger partial charge in [0.25, 0.3) is 0 Å². The zero-order chi connectivity index (χ0) is 11.2. The molecule has 14 heavy (non-hydrogen) atoms. The summed E-state index contributed by atoms with van der Waals surface area (Å²) in [6, 6.07) is 0. The Hall–Kier alpha value is -0.0900. The summed E-state index contributed by atoms with van der Waals surface area (Å²) in [6.07, 6.45) is 4.74. The van der Waals surface area contributed by atoms with Gasteiger partial charge in [0.05, 0.1) is 11.4 Å². The number of hydrogen-bond donors (Lipinski definition) is 1. The molecule has 0 radical (unpaired) electrons. The van der Waals surface area contributed by atoms with E-state index in [9.17, 15) is 13.5 Å². The van der Waals surface area contributed by atoms with E-state index in [1.807, 2.05) is 13.8 Å². The van der Waals surface area contributed by atoms with E-state index in [0.717, 1.165) is 12.8 Å². The molecule has 0 aromatic heterocycles. The Morgan fingerprint density at radius 1 is 1.07 bits per heavy atom. The highest BCUT2D eigenvalue weighted by molar-refractivity contribution is 7.90. The molecule has 0 unspecified atom stereocenters. The van der Waals surface area contributed by atoms with E-state index in [4.69, 9.17) is 0 Å². The predicted octanol–water partition coefficient (Wildman–Crippen LogP) is 1.75. The van der Waals surface area contributed by atoms with Gasteiger partial charge in [0.15, 0.2) is 0 Å².